The van der Waals surface area contributed by atoms with Gasteiger partial charge in [0.15, 0.2) is 0 Å². The van der Waals surface area contributed by atoms with E-state index in [-0.39, 0.29) is 25.8 Å². The van der Waals surface area contributed by atoms with Crippen LogP contribution in [0.15, 0.2) is 60.8 Å². The van der Waals surface area contributed by atoms with E-state index in [9.17, 15) is 14.3 Å². The second kappa shape index (κ2) is 42.9. The molecule has 0 saturated carbocycles. The van der Waals surface area contributed by atoms with Crippen molar-refractivity contribution in [2.75, 3.05) is 54.1 Å². The molecule has 344 valence electrons. The van der Waals surface area contributed by atoms with Crippen molar-refractivity contribution in [3.8, 4) is 0 Å². The largest absolute Gasteiger partial charge is 0.756 e. The zero-order valence-corrected chi connectivity index (χ0v) is 39.8. The monoisotopic (exact) mass is 850 g/mol. The molecule has 9 heteroatoms. The van der Waals surface area contributed by atoms with Crippen molar-refractivity contribution in [3.63, 3.8) is 0 Å². The third-order valence-electron chi connectivity index (χ3n) is 10.1. The molecule has 2 unspecified atom stereocenters. The standard InChI is InChI=1S/C50H92NO7P/c1-6-8-10-12-14-16-18-20-22-23-24-25-26-27-28-30-32-34-36-38-40-42-45-55-47-49(48-57-59(53,54)56-46-44-51(3,4)5)58-50(52)43-41-39-37-35-33-31-29-21-19-17-15-13-11-9-7-2/h8,10,14,16,20-22,24-25,29,49H,6-7,9,11-13,15,17-19,23,26-28,30-48H2,1-5H3/b10-8-,16-14-,22-20-,25-24-,29-21-. The Bertz CT molecular complexity index is 1130. The van der Waals surface area contributed by atoms with E-state index in [0.29, 0.717) is 24.1 Å². The fourth-order valence-electron chi connectivity index (χ4n) is 6.36. The van der Waals surface area contributed by atoms with Crippen LogP contribution in [0.2, 0.25) is 0 Å². The van der Waals surface area contributed by atoms with Crippen LogP contribution in [-0.2, 0) is 27.9 Å². The Morgan fingerprint density at radius 3 is 1.49 bits per heavy atom. The number of carbonyl (C=O) groups excluding carboxylic acids is 1. The quantitative estimate of drug-likeness (QED) is 0.0198. The highest BCUT2D eigenvalue weighted by Crippen LogP contribution is 2.38. The zero-order valence-electron chi connectivity index (χ0n) is 38.9. The number of esters is 1. The van der Waals surface area contributed by atoms with Crippen LogP contribution < -0.4 is 4.89 Å². The Morgan fingerprint density at radius 2 is 0.983 bits per heavy atom. The minimum absolute atomic E-state index is 0.0212. The van der Waals surface area contributed by atoms with Gasteiger partial charge in [-0.15, -0.1) is 0 Å². The molecule has 0 fully saturated rings. The number of hydrogen-bond acceptors (Lipinski definition) is 7. The van der Waals surface area contributed by atoms with Crippen molar-refractivity contribution in [3.05, 3.63) is 60.8 Å². The van der Waals surface area contributed by atoms with E-state index in [2.05, 4.69) is 74.6 Å². The summed E-state index contributed by atoms with van der Waals surface area (Å²) in [5, 5.41) is 0. The van der Waals surface area contributed by atoms with Crippen molar-refractivity contribution in [2.24, 2.45) is 0 Å². The lowest BCUT2D eigenvalue weighted by Gasteiger charge is -2.28. The van der Waals surface area contributed by atoms with E-state index >= 15 is 0 Å². The van der Waals surface area contributed by atoms with Gasteiger partial charge in [-0.1, -0.05) is 171 Å². The first-order valence-electron chi connectivity index (χ1n) is 24.0. The summed E-state index contributed by atoms with van der Waals surface area (Å²) in [5.74, 6) is -0.346. The summed E-state index contributed by atoms with van der Waals surface area (Å²) >= 11 is 0. The van der Waals surface area contributed by atoms with E-state index in [1.807, 2.05) is 21.1 Å². The Balaban J connectivity index is 4.19. The van der Waals surface area contributed by atoms with Gasteiger partial charge in [-0.25, -0.2) is 0 Å². The first-order chi connectivity index (χ1) is 28.6. The van der Waals surface area contributed by atoms with E-state index in [1.54, 1.807) is 0 Å². The number of carbonyl (C=O) groups is 1. The summed E-state index contributed by atoms with van der Waals surface area (Å²) in [7, 11) is 1.34. The molecular weight excluding hydrogens is 758 g/mol. The molecule has 0 heterocycles. The van der Waals surface area contributed by atoms with Crippen LogP contribution >= 0.6 is 7.82 Å². The van der Waals surface area contributed by atoms with Crippen LogP contribution in [-0.4, -0.2) is 70.7 Å². The van der Waals surface area contributed by atoms with Gasteiger partial charge in [0.05, 0.1) is 34.4 Å². The van der Waals surface area contributed by atoms with Crippen LogP contribution in [0.5, 0.6) is 0 Å². The molecule has 2 atom stereocenters. The number of ether oxygens (including phenoxy) is 2. The highest BCUT2D eigenvalue weighted by molar-refractivity contribution is 7.45. The van der Waals surface area contributed by atoms with Crippen LogP contribution in [0.3, 0.4) is 0 Å². The second-order valence-corrected chi connectivity index (χ2v) is 18.5. The topological polar surface area (TPSA) is 94.1 Å². The number of likely N-dealkylation sites (N-methyl/N-ethyl adjacent to an activating group) is 1. The Hall–Kier alpha value is -1.80. The number of rotatable bonds is 44. The fraction of sp³-hybridized carbons (Fsp3) is 0.780. The predicted molar refractivity (Wildman–Crippen MR) is 249 cm³/mol. The van der Waals surface area contributed by atoms with Gasteiger partial charge in [-0.3, -0.25) is 9.36 Å². The molecule has 0 bridgehead atoms. The van der Waals surface area contributed by atoms with Crippen molar-refractivity contribution in [2.45, 2.75) is 200 Å². The minimum Gasteiger partial charge on any atom is -0.756 e. The molecule has 0 aromatic carbocycles. The van der Waals surface area contributed by atoms with Gasteiger partial charge in [-0.05, 0) is 77.0 Å². The molecular formula is C50H92NO7P. The number of phosphoric ester groups is 1. The van der Waals surface area contributed by atoms with Gasteiger partial charge in [0.1, 0.15) is 19.3 Å². The Kier molecular flexibility index (Phi) is 41.6. The van der Waals surface area contributed by atoms with Crippen LogP contribution in [0.1, 0.15) is 194 Å². The highest BCUT2D eigenvalue weighted by atomic mass is 31.2. The normalized spacial score (nSPS) is 14.2. The summed E-state index contributed by atoms with van der Waals surface area (Å²) in [5.41, 5.74) is 0. The summed E-state index contributed by atoms with van der Waals surface area (Å²) in [6, 6.07) is 0. The fourth-order valence-corrected chi connectivity index (χ4v) is 7.08. The first-order valence-corrected chi connectivity index (χ1v) is 25.5. The molecule has 0 N–H and O–H groups in total. The molecule has 0 saturated heterocycles. The molecule has 0 amide bonds. The first kappa shape index (κ1) is 57.2. The molecule has 0 spiro atoms. The number of unbranched alkanes of at least 4 members (excludes halogenated alkanes) is 20. The van der Waals surface area contributed by atoms with Gasteiger partial charge in [-0.2, -0.15) is 0 Å². The van der Waals surface area contributed by atoms with Crippen LogP contribution in [0.25, 0.3) is 0 Å². The SMILES string of the molecule is CC/C=C\C/C=C\C/C=C\C/C=C\CCCCCCCCCCCOCC(COP(=O)([O-])OCC[N+](C)(C)C)OC(=O)CCCCCCC/C=C\CCCCCCCC. The molecule has 0 radical (unpaired) electrons. The summed E-state index contributed by atoms with van der Waals surface area (Å²) < 4.78 is 34.7. The van der Waals surface area contributed by atoms with E-state index in [0.717, 1.165) is 70.6 Å². The van der Waals surface area contributed by atoms with Gasteiger partial charge >= 0.3 is 5.97 Å². The smallest absolute Gasteiger partial charge is 0.306 e. The molecule has 0 aliphatic rings. The molecule has 59 heavy (non-hydrogen) atoms. The third kappa shape index (κ3) is 47.1. The third-order valence-corrected chi connectivity index (χ3v) is 11.0. The maximum atomic E-state index is 12.7. The average Bonchev–Trinajstić information content (AvgIpc) is 3.19. The van der Waals surface area contributed by atoms with Crippen molar-refractivity contribution >= 4 is 13.8 Å². The minimum atomic E-state index is -4.53. The van der Waals surface area contributed by atoms with E-state index in [4.69, 9.17) is 18.5 Å². The lowest BCUT2D eigenvalue weighted by Crippen LogP contribution is -2.37. The van der Waals surface area contributed by atoms with E-state index in [1.165, 1.54) is 103 Å². The second-order valence-electron chi connectivity index (χ2n) is 17.1. The van der Waals surface area contributed by atoms with Gasteiger partial charge in [0.2, 0.25) is 0 Å². The van der Waals surface area contributed by atoms with Gasteiger partial charge in [0.25, 0.3) is 7.82 Å². The molecule has 0 aromatic heterocycles. The summed E-state index contributed by atoms with van der Waals surface area (Å²) in [6.45, 7) is 5.27. The van der Waals surface area contributed by atoms with Crippen LogP contribution in [0.4, 0.5) is 0 Å². The lowest BCUT2D eigenvalue weighted by molar-refractivity contribution is -0.870. The van der Waals surface area contributed by atoms with Crippen LogP contribution in [0, 0.1) is 0 Å². The molecule has 0 aliphatic carbocycles. The van der Waals surface area contributed by atoms with Crippen molar-refractivity contribution < 1.29 is 37.3 Å². The maximum Gasteiger partial charge on any atom is 0.306 e. The zero-order chi connectivity index (χ0) is 43.4. The number of phosphoric acid groups is 1. The lowest BCUT2D eigenvalue weighted by atomic mass is 10.1. The molecule has 0 aliphatic heterocycles. The molecule has 0 rings (SSSR count). The number of hydrogen-bond donors (Lipinski definition) is 0. The molecule has 0 aromatic rings. The number of quaternary nitrogens is 1. The summed E-state index contributed by atoms with van der Waals surface area (Å²) in [4.78, 5) is 25.1. The number of nitrogens with zero attached hydrogens (tertiary/aromatic N) is 1. The summed E-state index contributed by atoms with van der Waals surface area (Å²) in [6.07, 6.45) is 53.8. The Labute approximate surface area is 364 Å². The predicted octanol–water partition coefficient (Wildman–Crippen LogP) is 13.9. The highest BCUT2D eigenvalue weighted by Gasteiger charge is 2.20. The van der Waals surface area contributed by atoms with E-state index < -0.39 is 13.9 Å². The number of allylic oxidation sites excluding steroid dienone is 10. The average molecular weight is 850 g/mol. The molecule has 8 nitrogen and oxygen atoms in total. The maximum absolute atomic E-state index is 12.7. The van der Waals surface area contributed by atoms with Crippen molar-refractivity contribution in [1.82, 2.24) is 0 Å². The van der Waals surface area contributed by atoms with Crippen molar-refractivity contribution in [1.29, 1.82) is 0 Å². The van der Waals surface area contributed by atoms with Gasteiger partial charge in [0, 0.05) is 13.0 Å². The Morgan fingerprint density at radius 1 is 0.542 bits per heavy atom. The van der Waals surface area contributed by atoms with Gasteiger partial charge < -0.3 is 27.9 Å².